The third-order valence-corrected chi connectivity index (χ3v) is 8.01. The molecule has 188 valence electrons. The molecule has 37 heavy (non-hydrogen) atoms. The molecule has 0 saturated heterocycles. The highest BCUT2D eigenvalue weighted by Crippen LogP contribution is 2.41. The molecule has 1 fully saturated rings. The molecule has 1 aliphatic rings. The number of hydrogen-bond donors (Lipinski definition) is 1. The number of nitriles is 1. The van der Waals surface area contributed by atoms with Gasteiger partial charge in [0.05, 0.1) is 17.5 Å². The van der Waals surface area contributed by atoms with Crippen molar-refractivity contribution >= 4 is 16.8 Å². The van der Waals surface area contributed by atoms with Gasteiger partial charge in [-0.2, -0.15) is 5.26 Å². The quantitative estimate of drug-likeness (QED) is 0.287. The van der Waals surface area contributed by atoms with Gasteiger partial charge in [-0.15, -0.1) is 0 Å². The minimum absolute atomic E-state index is 0.00873. The number of nitrogens with one attached hydrogen (secondary N) is 1. The number of H-pyrrole nitrogens is 1. The molecule has 4 heteroatoms. The van der Waals surface area contributed by atoms with E-state index in [0.29, 0.717) is 18.0 Å². The highest BCUT2D eigenvalue weighted by molar-refractivity contribution is 5.99. The molecule has 1 saturated carbocycles. The van der Waals surface area contributed by atoms with Crippen LogP contribution in [0.4, 0.5) is 0 Å². The summed E-state index contributed by atoms with van der Waals surface area (Å²) in [6.07, 6.45) is 2.49. The first kappa shape index (κ1) is 24.8. The molecule has 1 aliphatic carbocycles. The van der Waals surface area contributed by atoms with Crippen molar-refractivity contribution in [1.29, 1.82) is 5.26 Å². The van der Waals surface area contributed by atoms with E-state index < -0.39 is 5.41 Å². The molecule has 0 unspecified atom stereocenters. The number of aromatic nitrogens is 1. The second kappa shape index (κ2) is 9.56. The Morgan fingerprint density at radius 2 is 1.84 bits per heavy atom. The van der Waals surface area contributed by atoms with E-state index in [2.05, 4.69) is 62.2 Å². The molecule has 4 nitrogen and oxygen atoms in total. The van der Waals surface area contributed by atoms with Crippen molar-refractivity contribution in [2.24, 2.45) is 0 Å². The Morgan fingerprint density at radius 3 is 2.57 bits per heavy atom. The van der Waals surface area contributed by atoms with Gasteiger partial charge in [-0.25, -0.2) is 0 Å². The fraction of sp³-hybridized carbons (Fsp3) is 0.333. The SMILES string of the molecule is Cc1[nH]c2ccc(C(=O)N(Cc3cccc(C(C)(C)C#N)c3)[C@@H](C)c3cccc(C4CC4)c3)cc2c1C. The summed E-state index contributed by atoms with van der Waals surface area (Å²) in [5.74, 6) is 0.665. The van der Waals surface area contributed by atoms with E-state index in [9.17, 15) is 10.1 Å². The number of carbonyl (C=O) groups excluding carboxylic acids is 1. The molecular weight excluding hydrogens is 454 g/mol. The van der Waals surface area contributed by atoms with Crippen LogP contribution in [0.2, 0.25) is 0 Å². The second-order valence-electron chi connectivity index (χ2n) is 11.1. The van der Waals surface area contributed by atoms with Crippen LogP contribution in [-0.2, 0) is 12.0 Å². The monoisotopic (exact) mass is 489 g/mol. The minimum atomic E-state index is -0.593. The summed E-state index contributed by atoms with van der Waals surface area (Å²) in [5.41, 5.74) is 7.95. The Morgan fingerprint density at radius 1 is 1.08 bits per heavy atom. The number of benzene rings is 3. The summed E-state index contributed by atoms with van der Waals surface area (Å²) in [5, 5.41) is 10.8. The average molecular weight is 490 g/mol. The molecule has 0 spiro atoms. The summed E-state index contributed by atoms with van der Waals surface area (Å²) >= 11 is 0. The molecule has 3 aromatic carbocycles. The zero-order chi connectivity index (χ0) is 26.3. The second-order valence-corrected chi connectivity index (χ2v) is 11.1. The van der Waals surface area contributed by atoms with Gasteiger partial charge in [0.2, 0.25) is 0 Å². The molecule has 0 bridgehead atoms. The van der Waals surface area contributed by atoms with Crippen LogP contribution in [0, 0.1) is 25.2 Å². The molecule has 1 N–H and O–H groups in total. The summed E-state index contributed by atoms with van der Waals surface area (Å²) in [6.45, 7) is 10.6. The molecule has 5 rings (SSSR count). The average Bonchev–Trinajstić information content (AvgIpc) is 3.73. The Hall–Kier alpha value is -3.84. The Balaban J connectivity index is 1.54. The summed E-state index contributed by atoms with van der Waals surface area (Å²) in [4.78, 5) is 19.5. The molecule has 0 aliphatic heterocycles. The van der Waals surface area contributed by atoms with Crippen LogP contribution in [0.3, 0.4) is 0 Å². The van der Waals surface area contributed by atoms with Gasteiger partial charge in [0, 0.05) is 28.7 Å². The van der Waals surface area contributed by atoms with Crippen molar-refractivity contribution in [3.05, 3.63) is 106 Å². The van der Waals surface area contributed by atoms with Gasteiger partial charge < -0.3 is 9.88 Å². The van der Waals surface area contributed by atoms with Gasteiger partial charge in [0.15, 0.2) is 0 Å². The van der Waals surface area contributed by atoms with Crippen molar-refractivity contribution in [1.82, 2.24) is 9.88 Å². The fourth-order valence-corrected chi connectivity index (χ4v) is 5.13. The van der Waals surface area contributed by atoms with Gasteiger partial charge >= 0.3 is 0 Å². The van der Waals surface area contributed by atoms with Crippen molar-refractivity contribution in [2.75, 3.05) is 0 Å². The third kappa shape index (κ3) is 4.91. The minimum Gasteiger partial charge on any atom is -0.358 e. The topological polar surface area (TPSA) is 59.9 Å². The molecule has 1 heterocycles. The van der Waals surface area contributed by atoms with Gasteiger partial charge in [0.1, 0.15) is 0 Å². The lowest BCUT2D eigenvalue weighted by atomic mass is 9.85. The van der Waals surface area contributed by atoms with Crippen LogP contribution in [0.25, 0.3) is 10.9 Å². The first-order chi connectivity index (χ1) is 17.7. The van der Waals surface area contributed by atoms with Crippen LogP contribution in [0.5, 0.6) is 0 Å². The van der Waals surface area contributed by atoms with Crippen molar-refractivity contribution < 1.29 is 4.79 Å². The molecule has 1 aromatic heterocycles. The molecule has 0 radical (unpaired) electrons. The van der Waals surface area contributed by atoms with E-state index in [0.717, 1.165) is 33.3 Å². The molecular formula is C33H35N3O. The van der Waals surface area contributed by atoms with Gasteiger partial charge in [-0.3, -0.25) is 4.79 Å². The Labute approximate surface area is 219 Å². The normalized spacial score (nSPS) is 14.4. The predicted molar refractivity (Wildman–Crippen MR) is 150 cm³/mol. The summed E-state index contributed by atoms with van der Waals surface area (Å²) < 4.78 is 0. The zero-order valence-electron chi connectivity index (χ0n) is 22.4. The van der Waals surface area contributed by atoms with Crippen LogP contribution in [0.15, 0.2) is 66.7 Å². The first-order valence-electron chi connectivity index (χ1n) is 13.2. The van der Waals surface area contributed by atoms with Crippen LogP contribution >= 0.6 is 0 Å². The maximum atomic E-state index is 14.2. The van der Waals surface area contributed by atoms with E-state index in [1.165, 1.54) is 24.0 Å². The fourth-order valence-electron chi connectivity index (χ4n) is 5.13. The van der Waals surface area contributed by atoms with Crippen LogP contribution in [-0.4, -0.2) is 15.8 Å². The number of hydrogen-bond acceptors (Lipinski definition) is 2. The summed E-state index contributed by atoms with van der Waals surface area (Å²) in [7, 11) is 0. The van der Waals surface area contributed by atoms with Gasteiger partial charge in [-0.1, -0.05) is 48.5 Å². The smallest absolute Gasteiger partial charge is 0.254 e. The van der Waals surface area contributed by atoms with E-state index >= 15 is 0 Å². The number of rotatable bonds is 7. The number of nitrogens with zero attached hydrogens (tertiary/aromatic N) is 2. The van der Waals surface area contributed by atoms with Gasteiger partial charge in [-0.05, 0) is 99.4 Å². The zero-order valence-corrected chi connectivity index (χ0v) is 22.4. The number of carbonyl (C=O) groups is 1. The number of aryl methyl sites for hydroxylation is 2. The van der Waals surface area contributed by atoms with Crippen molar-refractivity contribution in [2.45, 2.75) is 71.4 Å². The van der Waals surface area contributed by atoms with E-state index in [-0.39, 0.29) is 11.9 Å². The largest absolute Gasteiger partial charge is 0.358 e. The molecule has 4 aromatic rings. The van der Waals surface area contributed by atoms with Crippen LogP contribution in [0.1, 0.15) is 89.4 Å². The lowest BCUT2D eigenvalue weighted by Gasteiger charge is -2.31. The first-order valence-corrected chi connectivity index (χ1v) is 13.2. The Kier molecular flexibility index (Phi) is 6.42. The number of aromatic amines is 1. The standard InChI is InChI=1S/C33H35N3O/c1-21-22(2)35-31-15-14-28(18-30(21)31)32(37)36(19-24-8-6-11-29(16-24)33(4,5)20-34)23(3)26-9-7-10-27(17-26)25-12-13-25/h6-11,14-18,23,25,35H,12-13,19H2,1-5H3/t23-/m0/s1. The maximum absolute atomic E-state index is 14.2. The van der Waals surface area contributed by atoms with Crippen molar-refractivity contribution in [3.8, 4) is 6.07 Å². The maximum Gasteiger partial charge on any atom is 0.254 e. The van der Waals surface area contributed by atoms with E-state index in [1.54, 1.807) is 0 Å². The molecule has 1 atom stereocenters. The third-order valence-electron chi connectivity index (χ3n) is 8.01. The number of amides is 1. The van der Waals surface area contributed by atoms with Gasteiger partial charge in [0.25, 0.3) is 5.91 Å². The summed E-state index contributed by atoms with van der Waals surface area (Å²) in [6, 6.07) is 25.1. The lowest BCUT2D eigenvalue weighted by molar-refractivity contribution is 0.0674. The van der Waals surface area contributed by atoms with Crippen LogP contribution < -0.4 is 0 Å². The lowest BCUT2D eigenvalue weighted by Crippen LogP contribution is -2.33. The van der Waals surface area contributed by atoms with E-state index in [4.69, 9.17) is 0 Å². The Bertz CT molecular complexity index is 1520. The number of fused-ring (bicyclic) bond motifs is 1. The predicted octanol–water partition coefficient (Wildman–Crippen LogP) is 7.87. The van der Waals surface area contributed by atoms with Crippen molar-refractivity contribution in [3.63, 3.8) is 0 Å². The highest BCUT2D eigenvalue weighted by Gasteiger charge is 2.28. The highest BCUT2D eigenvalue weighted by atomic mass is 16.2. The molecule has 1 amide bonds. The van der Waals surface area contributed by atoms with E-state index in [1.807, 2.05) is 55.1 Å².